The van der Waals surface area contributed by atoms with Gasteiger partial charge in [-0.15, -0.1) is 11.3 Å². The molecule has 0 aliphatic heterocycles. The summed E-state index contributed by atoms with van der Waals surface area (Å²) in [4.78, 5) is 16.4. The summed E-state index contributed by atoms with van der Waals surface area (Å²) in [6.45, 7) is 2.47. The van der Waals surface area contributed by atoms with Gasteiger partial charge in [-0.2, -0.15) is 13.2 Å². The highest BCUT2D eigenvalue weighted by Gasteiger charge is 2.30. The summed E-state index contributed by atoms with van der Waals surface area (Å²) in [5.74, 6) is -0.827. The first-order valence-corrected chi connectivity index (χ1v) is 10.5. The molecular formula is C23H19F3N2O2S. The van der Waals surface area contributed by atoms with Crippen molar-refractivity contribution in [1.29, 1.82) is 0 Å². The second-order valence-corrected chi connectivity index (χ2v) is 8.42. The number of carboxylic acid groups (broad SMARTS) is 1. The number of benzene rings is 2. The molecule has 2 heterocycles. The topological polar surface area (TPSA) is 55.1 Å². The van der Waals surface area contributed by atoms with Gasteiger partial charge in [-0.1, -0.05) is 24.3 Å². The molecule has 4 rings (SSSR count). The molecule has 0 aliphatic carbocycles. The van der Waals surface area contributed by atoms with Crippen molar-refractivity contribution >= 4 is 28.2 Å². The fraction of sp³-hybridized carbons (Fsp3) is 0.217. The number of aliphatic carboxylic acids is 1. The largest absolute Gasteiger partial charge is 0.481 e. The van der Waals surface area contributed by atoms with Gasteiger partial charge in [0.15, 0.2) is 0 Å². The smallest absolute Gasteiger partial charge is 0.416 e. The summed E-state index contributed by atoms with van der Waals surface area (Å²) in [5.41, 5.74) is 2.78. The fourth-order valence-corrected chi connectivity index (χ4v) is 4.50. The number of carbonyl (C=O) groups is 1. The quantitative estimate of drug-likeness (QED) is 0.388. The second kappa shape index (κ2) is 8.19. The lowest BCUT2D eigenvalue weighted by Crippen LogP contribution is -2.03. The van der Waals surface area contributed by atoms with Crippen molar-refractivity contribution in [2.24, 2.45) is 0 Å². The SMILES string of the molecule is Cc1nc(-c2ccc(C(F)(F)F)cc2)sc1Cn1ccc2ccc(CCC(=O)O)cc21. The van der Waals surface area contributed by atoms with E-state index in [9.17, 15) is 18.0 Å². The molecule has 0 spiro atoms. The van der Waals surface area contributed by atoms with Crippen LogP contribution >= 0.6 is 11.3 Å². The highest BCUT2D eigenvalue weighted by Crippen LogP contribution is 2.33. The standard InChI is InChI=1S/C23H19F3N2O2S/c1-14-20(31-22(27-14)17-5-7-18(8-6-17)23(24,25)26)13-28-11-10-16-4-2-15(12-19(16)28)3-9-21(29)30/h2,4-8,10-12H,3,9,13H2,1H3,(H,29,30). The summed E-state index contributed by atoms with van der Waals surface area (Å²) in [6.07, 6.45) is -1.84. The van der Waals surface area contributed by atoms with E-state index in [1.165, 1.54) is 23.5 Å². The van der Waals surface area contributed by atoms with E-state index in [2.05, 4.69) is 9.55 Å². The van der Waals surface area contributed by atoms with Gasteiger partial charge < -0.3 is 9.67 Å². The number of alkyl halides is 3. The molecule has 0 atom stereocenters. The summed E-state index contributed by atoms with van der Waals surface area (Å²) < 4.78 is 40.5. The van der Waals surface area contributed by atoms with Gasteiger partial charge in [0.05, 0.1) is 17.8 Å². The number of fused-ring (bicyclic) bond motifs is 1. The number of hydrogen-bond donors (Lipinski definition) is 1. The lowest BCUT2D eigenvalue weighted by Gasteiger charge is -2.06. The van der Waals surface area contributed by atoms with Crippen LogP contribution in [0.2, 0.25) is 0 Å². The molecule has 1 N–H and O–H groups in total. The number of nitrogens with zero attached hydrogens (tertiary/aromatic N) is 2. The second-order valence-electron chi connectivity index (χ2n) is 7.33. The number of halogens is 3. The normalized spacial score (nSPS) is 11.9. The molecule has 0 radical (unpaired) electrons. The van der Waals surface area contributed by atoms with Crippen LogP contribution in [-0.4, -0.2) is 20.6 Å². The zero-order chi connectivity index (χ0) is 22.2. The molecule has 0 bridgehead atoms. The number of rotatable bonds is 6. The zero-order valence-corrected chi connectivity index (χ0v) is 17.4. The molecule has 0 saturated carbocycles. The van der Waals surface area contributed by atoms with Crippen LogP contribution in [0.1, 0.15) is 28.1 Å². The van der Waals surface area contributed by atoms with E-state index in [4.69, 9.17) is 5.11 Å². The highest BCUT2D eigenvalue weighted by molar-refractivity contribution is 7.15. The average molecular weight is 444 g/mol. The van der Waals surface area contributed by atoms with Crippen molar-refractivity contribution in [2.75, 3.05) is 0 Å². The summed E-state index contributed by atoms with van der Waals surface area (Å²) in [7, 11) is 0. The van der Waals surface area contributed by atoms with Crippen molar-refractivity contribution in [3.05, 3.63) is 76.4 Å². The first-order valence-electron chi connectivity index (χ1n) is 9.64. The zero-order valence-electron chi connectivity index (χ0n) is 16.6. The Morgan fingerprint density at radius 1 is 1.13 bits per heavy atom. The third-order valence-corrected chi connectivity index (χ3v) is 6.32. The molecule has 0 fully saturated rings. The average Bonchev–Trinajstić information content (AvgIpc) is 3.29. The van der Waals surface area contributed by atoms with E-state index in [1.807, 2.05) is 37.4 Å². The van der Waals surface area contributed by atoms with Crippen LogP contribution in [0.3, 0.4) is 0 Å². The molecule has 0 aliphatic rings. The summed E-state index contributed by atoms with van der Waals surface area (Å²) in [5, 5.41) is 10.7. The minimum Gasteiger partial charge on any atom is -0.481 e. The summed E-state index contributed by atoms with van der Waals surface area (Å²) >= 11 is 1.46. The van der Waals surface area contributed by atoms with Crippen LogP contribution in [0.5, 0.6) is 0 Å². The van der Waals surface area contributed by atoms with Crippen LogP contribution in [0.25, 0.3) is 21.5 Å². The van der Waals surface area contributed by atoms with E-state index in [-0.39, 0.29) is 6.42 Å². The number of aryl methyl sites for hydroxylation is 2. The van der Waals surface area contributed by atoms with Gasteiger partial charge in [0.25, 0.3) is 0 Å². The Bertz CT molecular complexity index is 1240. The number of aromatic nitrogens is 2. The predicted octanol–water partition coefficient (Wildman–Crippen LogP) is 6.16. The van der Waals surface area contributed by atoms with E-state index in [1.54, 1.807) is 0 Å². The van der Waals surface area contributed by atoms with Gasteiger partial charge in [-0.25, -0.2) is 4.98 Å². The van der Waals surface area contributed by atoms with Crippen molar-refractivity contribution in [3.63, 3.8) is 0 Å². The Hall–Kier alpha value is -3.13. The van der Waals surface area contributed by atoms with Crippen molar-refractivity contribution in [1.82, 2.24) is 9.55 Å². The van der Waals surface area contributed by atoms with Gasteiger partial charge in [-0.05, 0) is 48.6 Å². The van der Waals surface area contributed by atoms with Crippen LogP contribution in [0.4, 0.5) is 13.2 Å². The molecule has 4 aromatic rings. The van der Waals surface area contributed by atoms with E-state index < -0.39 is 17.7 Å². The molecular weight excluding hydrogens is 425 g/mol. The van der Waals surface area contributed by atoms with E-state index in [0.717, 1.165) is 39.2 Å². The first kappa shape index (κ1) is 21.1. The minimum absolute atomic E-state index is 0.0800. The predicted molar refractivity (Wildman–Crippen MR) is 114 cm³/mol. The third kappa shape index (κ3) is 4.64. The lowest BCUT2D eigenvalue weighted by atomic mass is 10.1. The molecule has 0 unspecified atom stereocenters. The van der Waals surface area contributed by atoms with Crippen LogP contribution in [-0.2, 0) is 23.9 Å². The molecule has 0 amide bonds. The lowest BCUT2D eigenvalue weighted by molar-refractivity contribution is -0.138. The maximum atomic E-state index is 12.8. The Kier molecular flexibility index (Phi) is 5.58. The van der Waals surface area contributed by atoms with Gasteiger partial charge in [0, 0.05) is 28.6 Å². The van der Waals surface area contributed by atoms with Gasteiger partial charge in [0.2, 0.25) is 0 Å². The van der Waals surface area contributed by atoms with Gasteiger partial charge >= 0.3 is 12.1 Å². The van der Waals surface area contributed by atoms with Gasteiger partial charge in [-0.3, -0.25) is 4.79 Å². The van der Waals surface area contributed by atoms with E-state index >= 15 is 0 Å². The Balaban J connectivity index is 1.59. The number of hydrogen-bond acceptors (Lipinski definition) is 3. The summed E-state index contributed by atoms with van der Waals surface area (Å²) in [6, 6.07) is 13.0. The maximum absolute atomic E-state index is 12.8. The van der Waals surface area contributed by atoms with Crippen molar-refractivity contribution in [2.45, 2.75) is 32.5 Å². The number of thiazole rings is 1. The van der Waals surface area contributed by atoms with Crippen molar-refractivity contribution < 1.29 is 23.1 Å². The maximum Gasteiger partial charge on any atom is 0.416 e. The fourth-order valence-electron chi connectivity index (χ4n) is 3.43. The monoisotopic (exact) mass is 444 g/mol. The highest BCUT2D eigenvalue weighted by atomic mass is 32.1. The third-order valence-electron chi connectivity index (χ3n) is 5.13. The van der Waals surface area contributed by atoms with Crippen LogP contribution in [0.15, 0.2) is 54.7 Å². The first-order chi connectivity index (χ1) is 14.7. The molecule has 2 aromatic carbocycles. The number of carboxylic acids is 1. The molecule has 0 saturated heterocycles. The van der Waals surface area contributed by atoms with Crippen LogP contribution < -0.4 is 0 Å². The molecule has 2 aromatic heterocycles. The Morgan fingerprint density at radius 3 is 2.55 bits per heavy atom. The van der Waals surface area contributed by atoms with Crippen molar-refractivity contribution in [3.8, 4) is 10.6 Å². The molecule has 8 heteroatoms. The molecule has 4 nitrogen and oxygen atoms in total. The Labute approximate surface area is 180 Å². The Morgan fingerprint density at radius 2 is 1.87 bits per heavy atom. The molecule has 31 heavy (non-hydrogen) atoms. The van der Waals surface area contributed by atoms with E-state index in [0.29, 0.717) is 23.5 Å². The minimum atomic E-state index is -4.36. The molecule has 160 valence electrons. The van der Waals surface area contributed by atoms with Crippen LogP contribution in [0, 0.1) is 6.92 Å². The van der Waals surface area contributed by atoms with Gasteiger partial charge in [0.1, 0.15) is 5.01 Å².